The Hall–Kier alpha value is -1.08. The number of hydrogen-bond acceptors (Lipinski definition) is 1. The number of rotatable bonds is 3. The summed E-state index contributed by atoms with van der Waals surface area (Å²) in [5.74, 6) is 0.409. The van der Waals surface area contributed by atoms with Crippen LogP contribution < -0.4 is 0 Å². The third-order valence-corrected chi connectivity index (χ3v) is 3.32. The Kier molecular flexibility index (Phi) is 3.68. The third kappa shape index (κ3) is 2.44. The first-order valence-electron chi connectivity index (χ1n) is 6.21. The summed E-state index contributed by atoms with van der Waals surface area (Å²) < 4.78 is 0. The molecule has 0 spiro atoms. The van der Waals surface area contributed by atoms with Gasteiger partial charge in [-0.15, -0.1) is 0 Å². The van der Waals surface area contributed by atoms with E-state index in [1.807, 2.05) is 12.1 Å². The highest BCUT2D eigenvalue weighted by molar-refractivity contribution is 6.35. The first kappa shape index (κ1) is 12.4. The maximum atomic E-state index is 6.34. The zero-order chi connectivity index (χ0) is 12.4. The number of fused-ring (bicyclic) bond motifs is 1. The average Bonchev–Trinajstić information content (AvgIpc) is 2.30. The molecule has 2 heteroatoms. The Morgan fingerprint density at radius 2 is 2.06 bits per heavy atom. The zero-order valence-electron chi connectivity index (χ0n) is 10.6. The van der Waals surface area contributed by atoms with Gasteiger partial charge < -0.3 is 0 Å². The number of para-hydroxylation sites is 1. The molecule has 0 amide bonds. The van der Waals surface area contributed by atoms with Crippen LogP contribution in [0.25, 0.3) is 10.9 Å². The molecule has 0 N–H and O–H groups in total. The van der Waals surface area contributed by atoms with E-state index in [4.69, 9.17) is 16.6 Å². The first-order chi connectivity index (χ1) is 8.13. The largest absolute Gasteiger partial charge is 0.252 e. The van der Waals surface area contributed by atoms with Crippen molar-refractivity contribution in [2.45, 2.75) is 39.5 Å². The molecule has 0 aliphatic heterocycles. The summed E-state index contributed by atoms with van der Waals surface area (Å²) in [6, 6.07) is 8.26. The van der Waals surface area contributed by atoms with Crippen LogP contribution in [0.15, 0.2) is 24.3 Å². The Morgan fingerprint density at radius 3 is 2.71 bits per heavy atom. The number of benzene rings is 1. The molecule has 0 aliphatic carbocycles. The summed E-state index contributed by atoms with van der Waals surface area (Å²) in [5.41, 5.74) is 3.45. The minimum Gasteiger partial charge on any atom is -0.252 e. The summed E-state index contributed by atoms with van der Waals surface area (Å²) in [7, 11) is 0. The van der Waals surface area contributed by atoms with E-state index in [-0.39, 0.29) is 0 Å². The summed E-state index contributed by atoms with van der Waals surface area (Å²) >= 11 is 6.34. The number of pyridine rings is 1. The predicted octanol–water partition coefficient (Wildman–Crippen LogP) is 4.96. The van der Waals surface area contributed by atoms with Crippen molar-refractivity contribution < 1.29 is 0 Å². The fraction of sp³-hybridized carbons (Fsp3) is 0.400. The van der Waals surface area contributed by atoms with Crippen LogP contribution in [-0.4, -0.2) is 4.98 Å². The molecular formula is C15H18ClN. The van der Waals surface area contributed by atoms with Crippen molar-refractivity contribution in [1.82, 2.24) is 4.98 Å². The van der Waals surface area contributed by atoms with Crippen molar-refractivity contribution in [2.75, 3.05) is 0 Å². The second-order valence-corrected chi connectivity index (χ2v) is 5.15. The Bertz CT molecular complexity index is 532. The molecule has 1 heterocycles. The van der Waals surface area contributed by atoms with Crippen molar-refractivity contribution in [1.29, 1.82) is 0 Å². The monoisotopic (exact) mass is 247 g/mol. The van der Waals surface area contributed by atoms with Crippen molar-refractivity contribution in [2.24, 2.45) is 0 Å². The quantitative estimate of drug-likeness (QED) is 0.747. The number of aryl methyl sites for hydroxylation is 1. The van der Waals surface area contributed by atoms with E-state index in [0.29, 0.717) is 5.92 Å². The molecule has 17 heavy (non-hydrogen) atoms. The fourth-order valence-electron chi connectivity index (χ4n) is 2.05. The van der Waals surface area contributed by atoms with E-state index in [2.05, 4.69) is 32.9 Å². The molecule has 0 saturated heterocycles. The lowest BCUT2D eigenvalue weighted by Gasteiger charge is -2.11. The second-order valence-electron chi connectivity index (χ2n) is 4.75. The highest BCUT2D eigenvalue weighted by Gasteiger charge is 2.09. The Balaban J connectivity index is 2.69. The molecule has 0 radical (unpaired) electrons. The SMILES string of the molecule is CCCc1cccc2c(Cl)cc(C(C)C)nc12. The van der Waals surface area contributed by atoms with E-state index in [9.17, 15) is 0 Å². The first-order valence-corrected chi connectivity index (χ1v) is 6.59. The number of aromatic nitrogens is 1. The van der Waals surface area contributed by atoms with Gasteiger partial charge in [-0.3, -0.25) is 4.98 Å². The van der Waals surface area contributed by atoms with Gasteiger partial charge in [-0.25, -0.2) is 0 Å². The van der Waals surface area contributed by atoms with Crippen molar-refractivity contribution in [3.63, 3.8) is 0 Å². The van der Waals surface area contributed by atoms with E-state index in [1.54, 1.807) is 0 Å². The third-order valence-electron chi connectivity index (χ3n) is 3.00. The summed E-state index contributed by atoms with van der Waals surface area (Å²) in [6.07, 6.45) is 2.19. The zero-order valence-corrected chi connectivity index (χ0v) is 11.4. The van der Waals surface area contributed by atoms with Gasteiger partial charge in [-0.1, -0.05) is 57.0 Å². The van der Waals surface area contributed by atoms with Gasteiger partial charge in [-0.05, 0) is 24.0 Å². The van der Waals surface area contributed by atoms with Gasteiger partial charge in [0, 0.05) is 11.1 Å². The molecule has 90 valence electrons. The molecule has 0 unspecified atom stereocenters. The molecule has 0 aliphatic rings. The summed E-state index contributed by atoms with van der Waals surface area (Å²) in [6.45, 7) is 6.48. The topological polar surface area (TPSA) is 12.9 Å². The van der Waals surface area contributed by atoms with Crippen LogP contribution >= 0.6 is 11.6 Å². The van der Waals surface area contributed by atoms with E-state index >= 15 is 0 Å². The lowest BCUT2D eigenvalue weighted by atomic mass is 10.0. The van der Waals surface area contributed by atoms with Crippen LogP contribution in [0.4, 0.5) is 0 Å². The molecule has 0 fully saturated rings. The minimum atomic E-state index is 0.409. The van der Waals surface area contributed by atoms with Crippen LogP contribution in [-0.2, 0) is 6.42 Å². The van der Waals surface area contributed by atoms with Crippen molar-refractivity contribution >= 4 is 22.5 Å². The molecule has 2 aromatic rings. The minimum absolute atomic E-state index is 0.409. The molecule has 1 aromatic carbocycles. The van der Waals surface area contributed by atoms with Crippen molar-refractivity contribution in [3.8, 4) is 0 Å². The fourth-order valence-corrected chi connectivity index (χ4v) is 2.32. The smallest absolute Gasteiger partial charge is 0.0752 e. The van der Waals surface area contributed by atoms with Gasteiger partial charge in [0.2, 0.25) is 0 Å². The standard InChI is InChI=1S/C15H18ClN/c1-4-6-11-7-5-8-12-13(16)9-14(10(2)3)17-15(11)12/h5,7-10H,4,6H2,1-3H3. The molecule has 0 bridgehead atoms. The lowest BCUT2D eigenvalue weighted by Crippen LogP contribution is -1.96. The number of hydrogen-bond donors (Lipinski definition) is 0. The van der Waals surface area contributed by atoms with Gasteiger partial charge in [0.25, 0.3) is 0 Å². The molecular weight excluding hydrogens is 230 g/mol. The second kappa shape index (κ2) is 5.05. The van der Waals surface area contributed by atoms with Crippen LogP contribution in [0, 0.1) is 0 Å². The van der Waals surface area contributed by atoms with Crippen molar-refractivity contribution in [3.05, 3.63) is 40.5 Å². The number of halogens is 1. The van der Waals surface area contributed by atoms with Gasteiger partial charge in [-0.2, -0.15) is 0 Å². The highest BCUT2D eigenvalue weighted by Crippen LogP contribution is 2.28. The van der Waals surface area contributed by atoms with Gasteiger partial charge >= 0.3 is 0 Å². The van der Waals surface area contributed by atoms with Crippen LogP contribution in [0.2, 0.25) is 5.02 Å². The average molecular weight is 248 g/mol. The predicted molar refractivity (Wildman–Crippen MR) is 74.8 cm³/mol. The molecule has 2 rings (SSSR count). The van der Waals surface area contributed by atoms with Gasteiger partial charge in [0.05, 0.1) is 10.5 Å². The number of nitrogens with zero attached hydrogens (tertiary/aromatic N) is 1. The Labute approximate surface area is 108 Å². The van der Waals surface area contributed by atoms with Gasteiger partial charge in [0.15, 0.2) is 0 Å². The maximum absolute atomic E-state index is 6.34. The lowest BCUT2D eigenvalue weighted by molar-refractivity contribution is 0.827. The molecule has 0 atom stereocenters. The maximum Gasteiger partial charge on any atom is 0.0752 e. The van der Waals surface area contributed by atoms with E-state index in [1.165, 1.54) is 5.56 Å². The molecule has 1 nitrogen and oxygen atoms in total. The van der Waals surface area contributed by atoms with Crippen LogP contribution in [0.5, 0.6) is 0 Å². The normalized spacial score (nSPS) is 11.4. The Morgan fingerprint density at radius 1 is 1.29 bits per heavy atom. The van der Waals surface area contributed by atoms with Crippen LogP contribution in [0.3, 0.4) is 0 Å². The molecule has 0 saturated carbocycles. The summed E-state index contributed by atoms with van der Waals surface area (Å²) in [5, 5.41) is 1.89. The molecule has 1 aromatic heterocycles. The van der Waals surface area contributed by atoms with Crippen LogP contribution in [0.1, 0.15) is 44.4 Å². The van der Waals surface area contributed by atoms with E-state index < -0.39 is 0 Å². The highest BCUT2D eigenvalue weighted by atomic mass is 35.5. The summed E-state index contributed by atoms with van der Waals surface area (Å²) in [4.78, 5) is 4.77. The van der Waals surface area contributed by atoms with E-state index in [0.717, 1.165) is 34.5 Å². The van der Waals surface area contributed by atoms with Gasteiger partial charge in [0.1, 0.15) is 0 Å².